The largest absolute Gasteiger partial charge is 0.349 e. The SMILES string of the molecule is O=C(Nc1ccc(C(=O)NC2CCNCC2)cc1)c1ccccc1. The Hall–Kier alpha value is -2.66. The van der Waals surface area contributed by atoms with Gasteiger partial charge in [-0.15, -0.1) is 0 Å². The van der Waals surface area contributed by atoms with Crippen LogP contribution in [0.2, 0.25) is 0 Å². The van der Waals surface area contributed by atoms with Gasteiger partial charge in [0.15, 0.2) is 0 Å². The molecule has 0 saturated carbocycles. The summed E-state index contributed by atoms with van der Waals surface area (Å²) in [6, 6.07) is 16.2. The van der Waals surface area contributed by atoms with Crippen molar-refractivity contribution in [3.63, 3.8) is 0 Å². The van der Waals surface area contributed by atoms with Crippen LogP contribution < -0.4 is 16.0 Å². The third kappa shape index (κ3) is 4.20. The van der Waals surface area contributed by atoms with Crippen LogP contribution in [-0.4, -0.2) is 30.9 Å². The summed E-state index contributed by atoms with van der Waals surface area (Å²) in [6.45, 7) is 1.88. The van der Waals surface area contributed by atoms with Crippen LogP contribution >= 0.6 is 0 Å². The van der Waals surface area contributed by atoms with Crippen molar-refractivity contribution in [2.45, 2.75) is 18.9 Å². The van der Waals surface area contributed by atoms with Crippen LogP contribution in [0.15, 0.2) is 54.6 Å². The van der Waals surface area contributed by atoms with E-state index in [0.717, 1.165) is 25.9 Å². The lowest BCUT2D eigenvalue weighted by Gasteiger charge is -2.23. The van der Waals surface area contributed by atoms with Gasteiger partial charge in [-0.25, -0.2) is 0 Å². The number of rotatable bonds is 4. The van der Waals surface area contributed by atoms with E-state index in [2.05, 4.69) is 16.0 Å². The standard InChI is InChI=1S/C19H21N3O2/c23-18(14-4-2-1-3-5-14)21-16-8-6-15(7-9-16)19(24)22-17-10-12-20-13-11-17/h1-9,17,20H,10-13H2,(H,21,23)(H,22,24). The van der Waals surface area contributed by atoms with Crippen LogP contribution in [0.25, 0.3) is 0 Å². The van der Waals surface area contributed by atoms with Gasteiger partial charge < -0.3 is 16.0 Å². The zero-order valence-electron chi connectivity index (χ0n) is 13.4. The zero-order valence-corrected chi connectivity index (χ0v) is 13.4. The minimum absolute atomic E-state index is 0.0668. The Morgan fingerprint density at radius 3 is 2.12 bits per heavy atom. The van der Waals surface area contributed by atoms with Gasteiger partial charge in [0.25, 0.3) is 11.8 Å². The molecule has 0 radical (unpaired) electrons. The Morgan fingerprint density at radius 1 is 0.833 bits per heavy atom. The molecule has 2 aromatic rings. The van der Waals surface area contributed by atoms with Crippen LogP contribution in [0.3, 0.4) is 0 Å². The quantitative estimate of drug-likeness (QED) is 0.809. The van der Waals surface area contributed by atoms with Gasteiger partial charge in [-0.2, -0.15) is 0 Å². The highest BCUT2D eigenvalue weighted by Gasteiger charge is 2.16. The lowest BCUT2D eigenvalue weighted by Crippen LogP contribution is -2.42. The van der Waals surface area contributed by atoms with Crippen LogP contribution in [0.4, 0.5) is 5.69 Å². The molecule has 0 bridgehead atoms. The number of nitrogens with one attached hydrogen (secondary N) is 3. The third-order valence-electron chi connectivity index (χ3n) is 4.12. The van der Waals surface area contributed by atoms with Crippen molar-refractivity contribution in [3.8, 4) is 0 Å². The molecule has 3 rings (SSSR count). The second-order valence-electron chi connectivity index (χ2n) is 5.90. The van der Waals surface area contributed by atoms with Gasteiger partial charge in [0.05, 0.1) is 0 Å². The minimum Gasteiger partial charge on any atom is -0.349 e. The molecule has 0 aromatic heterocycles. The van der Waals surface area contributed by atoms with Gasteiger partial charge in [0, 0.05) is 22.9 Å². The van der Waals surface area contributed by atoms with E-state index in [4.69, 9.17) is 0 Å². The van der Waals surface area contributed by atoms with Gasteiger partial charge in [0.1, 0.15) is 0 Å². The molecular weight excluding hydrogens is 302 g/mol. The average Bonchev–Trinajstić information content (AvgIpc) is 2.64. The lowest BCUT2D eigenvalue weighted by atomic mass is 10.1. The van der Waals surface area contributed by atoms with Crippen molar-refractivity contribution >= 4 is 17.5 Å². The maximum absolute atomic E-state index is 12.2. The molecule has 5 heteroatoms. The summed E-state index contributed by atoms with van der Waals surface area (Å²) < 4.78 is 0. The van der Waals surface area contributed by atoms with Crippen LogP contribution in [0, 0.1) is 0 Å². The van der Waals surface area contributed by atoms with Gasteiger partial charge in [-0.3, -0.25) is 9.59 Å². The summed E-state index contributed by atoms with van der Waals surface area (Å²) in [4.78, 5) is 24.3. The van der Waals surface area contributed by atoms with Crippen molar-refractivity contribution in [3.05, 3.63) is 65.7 Å². The van der Waals surface area contributed by atoms with Crippen LogP contribution in [-0.2, 0) is 0 Å². The monoisotopic (exact) mass is 323 g/mol. The Kier molecular flexibility index (Phi) is 5.23. The molecule has 5 nitrogen and oxygen atoms in total. The molecule has 24 heavy (non-hydrogen) atoms. The smallest absolute Gasteiger partial charge is 0.255 e. The number of amides is 2. The molecule has 2 aromatic carbocycles. The molecule has 1 fully saturated rings. The second-order valence-corrected chi connectivity index (χ2v) is 5.90. The van der Waals surface area contributed by atoms with Gasteiger partial charge in [0.2, 0.25) is 0 Å². The summed E-state index contributed by atoms with van der Waals surface area (Å²) in [5, 5.41) is 9.16. The molecule has 1 saturated heterocycles. The molecular formula is C19H21N3O2. The highest BCUT2D eigenvalue weighted by molar-refractivity contribution is 6.04. The van der Waals surface area contributed by atoms with E-state index in [-0.39, 0.29) is 17.9 Å². The molecule has 0 atom stereocenters. The highest BCUT2D eigenvalue weighted by Crippen LogP contribution is 2.12. The van der Waals surface area contributed by atoms with Crippen LogP contribution in [0.5, 0.6) is 0 Å². The van der Waals surface area contributed by atoms with Gasteiger partial charge in [-0.05, 0) is 62.3 Å². The van der Waals surface area contributed by atoms with Crippen molar-refractivity contribution in [2.75, 3.05) is 18.4 Å². The van der Waals surface area contributed by atoms with Crippen molar-refractivity contribution in [2.24, 2.45) is 0 Å². The summed E-state index contributed by atoms with van der Waals surface area (Å²) >= 11 is 0. The fourth-order valence-electron chi connectivity index (χ4n) is 2.73. The number of hydrogen-bond donors (Lipinski definition) is 3. The molecule has 2 amide bonds. The van der Waals surface area contributed by atoms with E-state index in [9.17, 15) is 9.59 Å². The normalized spacial score (nSPS) is 14.8. The molecule has 1 aliphatic heterocycles. The van der Waals surface area contributed by atoms with E-state index in [1.54, 1.807) is 36.4 Å². The number of carbonyl (C=O) groups is 2. The molecule has 124 valence electrons. The van der Waals surface area contributed by atoms with E-state index in [0.29, 0.717) is 16.8 Å². The molecule has 0 unspecified atom stereocenters. The first-order valence-electron chi connectivity index (χ1n) is 8.20. The van der Waals surface area contributed by atoms with E-state index < -0.39 is 0 Å². The first-order valence-corrected chi connectivity index (χ1v) is 8.20. The maximum Gasteiger partial charge on any atom is 0.255 e. The first-order chi connectivity index (χ1) is 11.7. The Labute approximate surface area is 141 Å². The number of anilines is 1. The molecule has 0 spiro atoms. The molecule has 3 N–H and O–H groups in total. The fourth-order valence-corrected chi connectivity index (χ4v) is 2.73. The highest BCUT2D eigenvalue weighted by atomic mass is 16.2. The van der Waals surface area contributed by atoms with E-state index in [1.165, 1.54) is 0 Å². The predicted molar refractivity (Wildman–Crippen MR) is 94.2 cm³/mol. The molecule has 1 aliphatic rings. The topological polar surface area (TPSA) is 70.2 Å². The second kappa shape index (κ2) is 7.75. The van der Waals surface area contributed by atoms with Crippen molar-refractivity contribution in [1.29, 1.82) is 0 Å². The Bertz CT molecular complexity index is 692. The Morgan fingerprint density at radius 2 is 1.46 bits per heavy atom. The van der Waals surface area contributed by atoms with Gasteiger partial charge >= 0.3 is 0 Å². The van der Waals surface area contributed by atoms with Crippen LogP contribution in [0.1, 0.15) is 33.6 Å². The van der Waals surface area contributed by atoms with E-state index >= 15 is 0 Å². The average molecular weight is 323 g/mol. The number of benzene rings is 2. The minimum atomic E-state index is -0.164. The zero-order chi connectivity index (χ0) is 16.8. The summed E-state index contributed by atoms with van der Waals surface area (Å²) in [5.41, 5.74) is 1.87. The number of carbonyl (C=O) groups excluding carboxylic acids is 2. The third-order valence-corrected chi connectivity index (χ3v) is 4.12. The summed E-state index contributed by atoms with van der Waals surface area (Å²) in [6.07, 6.45) is 1.91. The lowest BCUT2D eigenvalue weighted by molar-refractivity contribution is 0.0929. The maximum atomic E-state index is 12.2. The first kappa shape index (κ1) is 16.2. The van der Waals surface area contributed by atoms with Crippen molar-refractivity contribution in [1.82, 2.24) is 10.6 Å². The number of piperidine rings is 1. The number of hydrogen-bond acceptors (Lipinski definition) is 3. The van der Waals surface area contributed by atoms with Gasteiger partial charge in [-0.1, -0.05) is 18.2 Å². The molecule has 0 aliphatic carbocycles. The molecule has 1 heterocycles. The predicted octanol–water partition coefficient (Wildman–Crippen LogP) is 2.42. The fraction of sp³-hybridized carbons (Fsp3) is 0.263. The summed E-state index contributed by atoms with van der Waals surface area (Å²) in [7, 11) is 0. The van der Waals surface area contributed by atoms with E-state index in [1.807, 2.05) is 18.2 Å². The van der Waals surface area contributed by atoms with Crippen molar-refractivity contribution < 1.29 is 9.59 Å². The Balaban J connectivity index is 1.58. The summed E-state index contributed by atoms with van der Waals surface area (Å²) in [5.74, 6) is -0.231.